The van der Waals surface area contributed by atoms with Crippen LogP contribution < -0.4 is 16.0 Å². The van der Waals surface area contributed by atoms with Gasteiger partial charge >= 0.3 is 0 Å². The van der Waals surface area contributed by atoms with Crippen molar-refractivity contribution in [1.82, 2.24) is 0 Å². The highest BCUT2D eigenvalue weighted by atomic mass is 16.2. The summed E-state index contributed by atoms with van der Waals surface area (Å²) in [6, 6.07) is 14.6. The van der Waals surface area contributed by atoms with Crippen molar-refractivity contribution in [2.24, 2.45) is 5.73 Å². The first-order valence-electron chi connectivity index (χ1n) is 6.55. The van der Waals surface area contributed by atoms with Crippen LogP contribution in [0.1, 0.15) is 17.2 Å². The molecule has 1 atom stereocenters. The first-order chi connectivity index (χ1) is 10.1. The average Bonchev–Trinajstić information content (AvgIpc) is 2.80. The van der Waals surface area contributed by atoms with Gasteiger partial charge in [-0.15, -0.1) is 0 Å². The molecular weight excluding hydrogens is 264 g/mol. The number of rotatable bonds is 2. The van der Waals surface area contributed by atoms with Crippen LogP contribution in [-0.2, 0) is 4.79 Å². The first kappa shape index (κ1) is 13.2. The van der Waals surface area contributed by atoms with E-state index in [2.05, 4.69) is 11.4 Å². The summed E-state index contributed by atoms with van der Waals surface area (Å²) in [5.74, 6) is -0.192. The average molecular weight is 278 g/mol. The summed E-state index contributed by atoms with van der Waals surface area (Å²) >= 11 is 0. The molecule has 104 valence electrons. The molecule has 1 aliphatic heterocycles. The number of benzene rings is 2. The SMILES string of the molecule is CN(c1ccc2c(c1)NC(=O)C2N)c1ccccc1C#N. The Morgan fingerprint density at radius 3 is 2.81 bits per heavy atom. The van der Waals surface area contributed by atoms with Gasteiger partial charge in [-0.25, -0.2) is 0 Å². The van der Waals surface area contributed by atoms with E-state index < -0.39 is 6.04 Å². The highest BCUT2D eigenvalue weighted by molar-refractivity contribution is 6.03. The number of nitrogens with zero attached hydrogens (tertiary/aromatic N) is 2. The molecule has 5 nitrogen and oxygen atoms in total. The lowest BCUT2D eigenvalue weighted by molar-refractivity contribution is -0.116. The highest BCUT2D eigenvalue weighted by Crippen LogP contribution is 2.35. The summed E-state index contributed by atoms with van der Waals surface area (Å²) in [5.41, 5.74) is 9.62. The van der Waals surface area contributed by atoms with E-state index in [1.807, 2.05) is 48.3 Å². The van der Waals surface area contributed by atoms with Crippen LogP contribution in [0.4, 0.5) is 17.1 Å². The number of nitriles is 1. The number of fused-ring (bicyclic) bond motifs is 1. The van der Waals surface area contributed by atoms with Gasteiger partial charge in [0.1, 0.15) is 12.1 Å². The molecule has 0 fully saturated rings. The second kappa shape index (κ2) is 4.93. The van der Waals surface area contributed by atoms with Gasteiger partial charge in [-0.05, 0) is 24.3 Å². The number of para-hydroxylation sites is 1. The Hall–Kier alpha value is -2.84. The molecule has 2 aromatic carbocycles. The van der Waals surface area contributed by atoms with Crippen LogP contribution in [0.3, 0.4) is 0 Å². The Morgan fingerprint density at radius 1 is 1.29 bits per heavy atom. The Labute approximate surface area is 122 Å². The molecule has 3 N–H and O–H groups in total. The zero-order valence-electron chi connectivity index (χ0n) is 11.5. The van der Waals surface area contributed by atoms with E-state index in [1.165, 1.54) is 0 Å². The molecule has 0 bridgehead atoms. The lowest BCUT2D eigenvalue weighted by atomic mass is 10.1. The van der Waals surface area contributed by atoms with Gasteiger partial charge in [0.2, 0.25) is 5.91 Å². The standard InChI is InChI=1S/C16H14N4O/c1-20(14-5-3-2-4-10(14)9-17)11-6-7-12-13(8-11)19-16(21)15(12)18/h2-8,15H,18H2,1H3,(H,19,21). The number of nitrogens with two attached hydrogens (primary N) is 1. The van der Waals surface area contributed by atoms with Gasteiger partial charge in [0, 0.05) is 24.0 Å². The third-order valence-electron chi connectivity index (χ3n) is 3.69. The molecule has 0 spiro atoms. The molecule has 0 aromatic heterocycles. The molecule has 1 heterocycles. The zero-order valence-corrected chi connectivity index (χ0v) is 11.5. The van der Waals surface area contributed by atoms with Crippen molar-refractivity contribution in [2.45, 2.75) is 6.04 Å². The molecule has 0 radical (unpaired) electrons. The Morgan fingerprint density at radius 2 is 2.05 bits per heavy atom. The Balaban J connectivity index is 2.01. The number of amides is 1. The van der Waals surface area contributed by atoms with E-state index in [1.54, 1.807) is 6.07 Å². The quantitative estimate of drug-likeness (QED) is 0.883. The molecule has 0 saturated carbocycles. The molecule has 0 aliphatic carbocycles. The molecule has 21 heavy (non-hydrogen) atoms. The summed E-state index contributed by atoms with van der Waals surface area (Å²) in [6.45, 7) is 0. The van der Waals surface area contributed by atoms with Crippen molar-refractivity contribution in [2.75, 3.05) is 17.3 Å². The summed E-state index contributed by atoms with van der Waals surface area (Å²) in [6.07, 6.45) is 0. The van der Waals surface area contributed by atoms with Crippen molar-refractivity contribution in [3.05, 3.63) is 53.6 Å². The zero-order chi connectivity index (χ0) is 15.0. The second-order valence-corrected chi connectivity index (χ2v) is 4.93. The third-order valence-corrected chi connectivity index (χ3v) is 3.69. The summed E-state index contributed by atoms with van der Waals surface area (Å²) in [5, 5.41) is 12.0. The van der Waals surface area contributed by atoms with Crippen LogP contribution in [-0.4, -0.2) is 13.0 Å². The van der Waals surface area contributed by atoms with E-state index in [4.69, 9.17) is 5.73 Å². The monoisotopic (exact) mass is 278 g/mol. The topological polar surface area (TPSA) is 82.2 Å². The molecule has 2 aromatic rings. The van der Waals surface area contributed by atoms with Gasteiger partial charge in [-0.2, -0.15) is 5.26 Å². The molecule has 5 heteroatoms. The van der Waals surface area contributed by atoms with Crippen LogP contribution in [0, 0.1) is 11.3 Å². The van der Waals surface area contributed by atoms with Crippen LogP contribution in [0.2, 0.25) is 0 Å². The summed E-state index contributed by atoms with van der Waals surface area (Å²) in [4.78, 5) is 13.5. The number of hydrogen-bond acceptors (Lipinski definition) is 4. The fourth-order valence-corrected chi connectivity index (χ4v) is 2.48. The van der Waals surface area contributed by atoms with Gasteiger partial charge in [0.25, 0.3) is 0 Å². The van der Waals surface area contributed by atoms with Crippen molar-refractivity contribution >= 4 is 23.0 Å². The largest absolute Gasteiger partial charge is 0.343 e. The van der Waals surface area contributed by atoms with Crippen LogP contribution >= 0.6 is 0 Å². The number of carbonyl (C=O) groups excluding carboxylic acids is 1. The summed E-state index contributed by atoms with van der Waals surface area (Å²) in [7, 11) is 1.88. The summed E-state index contributed by atoms with van der Waals surface area (Å²) < 4.78 is 0. The van der Waals surface area contributed by atoms with E-state index in [0.717, 1.165) is 22.6 Å². The Kier molecular flexibility index (Phi) is 3.09. The Bertz CT molecular complexity index is 763. The van der Waals surface area contributed by atoms with Gasteiger partial charge in [-0.1, -0.05) is 18.2 Å². The normalized spacial score (nSPS) is 16.0. The molecule has 3 rings (SSSR count). The molecule has 1 amide bonds. The van der Waals surface area contributed by atoms with E-state index in [9.17, 15) is 10.1 Å². The van der Waals surface area contributed by atoms with Crippen molar-refractivity contribution in [1.29, 1.82) is 5.26 Å². The molecular formula is C16H14N4O. The number of nitrogens with one attached hydrogen (secondary N) is 1. The maximum Gasteiger partial charge on any atom is 0.245 e. The minimum absolute atomic E-state index is 0.192. The van der Waals surface area contributed by atoms with Gasteiger partial charge in [-0.3, -0.25) is 4.79 Å². The second-order valence-electron chi connectivity index (χ2n) is 4.93. The number of hydrogen-bond donors (Lipinski definition) is 2. The molecule has 1 aliphatic rings. The van der Waals surface area contributed by atoms with Crippen LogP contribution in [0.15, 0.2) is 42.5 Å². The van der Waals surface area contributed by atoms with Gasteiger partial charge in [0.05, 0.1) is 11.3 Å². The van der Waals surface area contributed by atoms with Gasteiger partial charge in [0.15, 0.2) is 0 Å². The maximum atomic E-state index is 11.6. The lowest BCUT2D eigenvalue weighted by Gasteiger charge is -2.21. The van der Waals surface area contributed by atoms with Crippen molar-refractivity contribution < 1.29 is 4.79 Å². The first-order valence-corrected chi connectivity index (χ1v) is 6.55. The fourth-order valence-electron chi connectivity index (χ4n) is 2.48. The predicted molar refractivity (Wildman–Crippen MR) is 81.2 cm³/mol. The molecule has 0 saturated heterocycles. The van der Waals surface area contributed by atoms with E-state index >= 15 is 0 Å². The van der Waals surface area contributed by atoms with E-state index in [0.29, 0.717) is 5.56 Å². The lowest BCUT2D eigenvalue weighted by Crippen LogP contribution is -2.19. The van der Waals surface area contributed by atoms with Crippen LogP contribution in [0.5, 0.6) is 0 Å². The minimum Gasteiger partial charge on any atom is -0.343 e. The maximum absolute atomic E-state index is 11.6. The fraction of sp³-hybridized carbons (Fsp3) is 0.125. The van der Waals surface area contributed by atoms with Gasteiger partial charge < -0.3 is 16.0 Å². The van der Waals surface area contributed by atoms with E-state index in [-0.39, 0.29) is 5.91 Å². The van der Waals surface area contributed by atoms with Crippen molar-refractivity contribution in [3.8, 4) is 6.07 Å². The smallest absolute Gasteiger partial charge is 0.245 e. The van der Waals surface area contributed by atoms with Crippen molar-refractivity contribution in [3.63, 3.8) is 0 Å². The number of carbonyl (C=O) groups is 1. The number of anilines is 3. The third kappa shape index (κ3) is 2.12. The predicted octanol–water partition coefficient (Wildman–Crippen LogP) is 2.28. The highest BCUT2D eigenvalue weighted by Gasteiger charge is 2.27. The minimum atomic E-state index is -0.606. The molecule has 1 unspecified atom stereocenters. The van der Waals surface area contributed by atoms with Crippen LogP contribution in [0.25, 0.3) is 0 Å².